The Labute approximate surface area is 89.6 Å². The number of carbonyl (C=O) groups excluding carboxylic acids is 1. The molecule has 4 nitrogen and oxygen atoms in total. The Hall–Kier alpha value is -1.55. The second-order valence-electron chi connectivity index (χ2n) is 3.60. The zero-order valence-electron chi connectivity index (χ0n) is 8.86. The molecule has 1 amide bonds. The van der Waals surface area contributed by atoms with Crippen LogP contribution in [0.4, 0.5) is 5.69 Å². The van der Waals surface area contributed by atoms with E-state index in [2.05, 4.69) is 5.32 Å². The average molecular weight is 207 g/mol. The van der Waals surface area contributed by atoms with Crippen LogP contribution in [0.1, 0.15) is 23.7 Å². The Bertz CT molecular complexity index is 336. The molecule has 1 aromatic carbocycles. The lowest BCUT2D eigenvalue weighted by Gasteiger charge is -2.10. The Morgan fingerprint density at radius 1 is 1.47 bits per heavy atom. The van der Waals surface area contributed by atoms with Crippen molar-refractivity contribution in [2.24, 2.45) is 11.5 Å². The fourth-order valence-corrected chi connectivity index (χ4v) is 1.29. The summed E-state index contributed by atoms with van der Waals surface area (Å²) in [5, 5.41) is 3.15. The molecule has 1 atom stereocenters. The Morgan fingerprint density at radius 2 is 2.13 bits per heavy atom. The first-order chi connectivity index (χ1) is 7.11. The van der Waals surface area contributed by atoms with E-state index in [4.69, 9.17) is 11.5 Å². The maximum absolute atomic E-state index is 11.1. The number of benzene rings is 1. The van der Waals surface area contributed by atoms with Gasteiger partial charge < -0.3 is 16.8 Å². The average Bonchev–Trinajstić information content (AvgIpc) is 2.17. The molecule has 0 spiro atoms. The van der Waals surface area contributed by atoms with Gasteiger partial charge in [0.05, 0.1) is 5.56 Å². The molecule has 0 fully saturated rings. The number of hydrogen-bond acceptors (Lipinski definition) is 3. The normalized spacial score (nSPS) is 12.1. The molecule has 0 aliphatic carbocycles. The molecule has 0 aliphatic rings. The van der Waals surface area contributed by atoms with Gasteiger partial charge in [-0.2, -0.15) is 0 Å². The van der Waals surface area contributed by atoms with Crippen LogP contribution in [0, 0.1) is 0 Å². The fourth-order valence-electron chi connectivity index (χ4n) is 1.29. The summed E-state index contributed by atoms with van der Waals surface area (Å²) >= 11 is 0. The van der Waals surface area contributed by atoms with E-state index >= 15 is 0 Å². The maximum atomic E-state index is 11.1. The first-order valence-electron chi connectivity index (χ1n) is 4.99. The highest BCUT2D eigenvalue weighted by atomic mass is 16.1. The highest BCUT2D eigenvalue weighted by molar-refractivity contribution is 5.98. The molecular formula is C11H17N3O. The summed E-state index contributed by atoms with van der Waals surface area (Å²) in [6, 6.07) is 7.34. The molecule has 1 rings (SSSR count). The topological polar surface area (TPSA) is 81.1 Å². The molecule has 0 bridgehead atoms. The van der Waals surface area contributed by atoms with Crippen molar-refractivity contribution in [2.75, 3.05) is 11.9 Å². The molecule has 0 radical (unpaired) electrons. The van der Waals surface area contributed by atoms with E-state index in [0.29, 0.717) is 5.56 Å². The Kier molecular flexibility index (Phi) is 4.12. The summed E-state index contributed by atoms with van der Waals surface area (Å²) in [6.07, 6.45) is 0.854. The largest absolute Gasteiger partial charge is 0.384 e. The SMILES string of the molecule is CC(N)CCNc1ccccc1C(N)=O. The molecule has 15 heavy (non-hydrogen) atoms. The summed E-state index contributed by atoms with van der Waals surface area (Å²) in [7, 11) is 0. The van der Waals surface area contributed by atoms with Gasteiger partial charge in [-0.05, 0) is 25.5 Å². The van der Waals surface area contributed by atoms with E-state index in [1.165, 1.54) is 0 Å². The molecule has 1 unspecified atom stereocenters. The molecule has 1 aromatic rings. The number of carbonyl (C=O) groups is 1. The van der Waals surface area contributed by atoms with Crippen molar-refractivity contribution in [1.82, 2.24) is 0 Å². The summed E-state index contributed by atoms with van der Waals surface area (Å²) in [5.74, 6) is -0.418. The monoisotopic (exact) mass is 207 g/mol. The first-order valence-corrected chi connectivity index (χ1v) is 4.99. The third kappa shape index (κ3) is 3.59. The molecule has 0 saturated carbocycles. The van der Waals surface area contributed by atoms with Gasteiger partial charge in [-0.25, -0.2) is 0 Å². The van der Waals surface area contributed by atoms with Crippen LogP contribution in [0.3, 0.4) is 0 Å². The van der Waals surface area contributed by atoms with Gasteiger partial charge in [0.15, 0.2) is 0 Å². The minimum atomic E-state index is -0.418. The smallest absolute Gasteiger partial charge is 0.250 e. The van der Waals surface area contributed by atoms with Crippen molar-refractivity contribution < 1.29 is 4.79 Å². The van der Waals surface area contributed by atoms with Gasteiger partial charge >= 0.3 is 0 Å². The lowest BCUT2D eigenvalue weighted by atomic mass is 10.1. The van der Waals surface area contributed by atoms with Crippen LogP contribution in [0.15, 0.2) is 24.3 Å². The number of nitrogens with one attached hydrogen (secondary N) is 1. The molecule has 0 aromatic heterocycles. The molecule has 5 N–H and O–H groups in total. The van der Waals surface area contributed by atoms with Gasteiger partial charge in [-0.1, -0.05) is 12.1 Å². The van der Waals surface area contributed by atoms with Gasteiger partial charge in [0.25, 0.3) is 5.91 Å². The number of nitrogens with two attached hydrogens (primary N) is 2. The third-order valence-corrected chi connectivity index (χ3v) is 2.11. The predicted octanol–water partition coefficient (Wildman–Crippen LogP) is 0.935. The summed E-state index contributed by atoms with van der Waals surface area (Å²) in [4.78, 5) is 11.1. The zero-order chi connectivity index (χ0) is 11.3. The van der Waals surface area contributed by atoms with Gasteiger partial charge in [-0.3, -0.25) is 4.79 Å². The second kappa shape index (κ2) is 5.36. The van der Waals surface area contributed by atoms with Crippen molar-refractivity contribution in [3.8, 4) is 0 Å². The van der Waals surface area contributed by atoms with E-state index in [1.807, 2.05) is 19.1 Å². The van der Waals surface area contributed by atoms with Crippen molar-refractivity contribution in [3.05, 3.63) is 29.8 Å². The van der Waals surface area contributed by atoms with Gasteiger partial charge in [-0.15, -0.1) is 0 Å². The van der Waals surface area contributed by atoms with E-state index in [-0.39, 0.29) is 6.04 Å². The van der Waals surface area contributed by atoms with Gasteiger partial charge in [0.1, 0.15) is 0 Å². The zero-order valence-corrected chi connectivity index (χ0v) is 8.86. The molecule has 4 heteroatoms. The Morgan fingerprint density at radius 3 is 2.73 bits per heavy atom. The van der Waals surface area contributed by atoms with Crippen LogP contribution in [0.5, 0.6) is 0 Å². The van der Waals surface area contributed by atoms with Crippen LogP contribution in [-0.4, -0.2) is 18.5 Å². The molecule has 82 valence electrons. The summed E-state index contributed by atoms with van der Waals surface area (Å²) < 4.78 is 0. The quantitative estimate of drug-likeness (QED) is 0.672. The fraction of sp³-hybridized carbons (Fsp3) is 0.364. The van der Waals surface area contributed by atoms with Gasteiger partial charge in [0.2, 0.25) is 0 Å². The number of amides is 1. The van der Waals surface area contributed by atoms with Crippen molar-refractivity contribution in [2.45, 2.75) is 19.4 Å². The standard InChI is InChI=1S/C11H17N3O/c1-8(12)6-7-14-10-5-3-2-4-9(10)11(13)15/h2-5,8,14H,6-7,12H2,1H3,(H2,13,15). The van der Waals surface area contributed by atoms with E-state index < -0.39 is 5.91 Å². The summed E-state index contributed by atoms with van der Waals surface area (Å²) in [5.41, 5.74) is 12.2. The predicted molar refractivity (Wildman–Crippen MR) is 61.7 cm³/mol. The third-order valence-electron chi connectivity index (χ3n) is 2.11. The highest BCUT2D eigenvalue weighted by Crippen LogP contribution is 2.13. The van der Waals surface area contributed by atoms with Gasteiger partial charge in [0, 0.05) is 18.3 Å². The van der Waals surface area contributed by atoms with Crippen LogP contribution >= 0.6 is 0 Å². The van der Waals surface area contributed by atoms with Crippen LogP contribution in [0.2, 0.25) is 0 Å². The summed E-state index contributed by atoms with van der Waals surface area (Å²) in [6.45, 7) is 2.68. The molecule has 0 aliphatic heterocycles. The highest BCUT2D eigenvalue weighted by Gasteiger charge is 2.05. The number of rotatable bonds is 5. The second-order valence-corrected chi connectivity index (χ2v) is 3.60. The number of hydrogen-bond donors (Lipinski definition) is 3. The Balaban J connectivity index is 2.63. The van der Waals surface area contributed by atoms with E-state index in [1.54, 1.807) is 12.1 Å². The van der Waals surface area contributed by atoms with Crippen molar-refractivity contribution in [1.29, 1.82) is 0 Å². The van der Waals surface area contributed by atoms with E-state index in [9.17, 15) is 4.79 Å². The lowest BCUT2D eigenvalue weighted by Crippen LogP contribution is -2.20. The molecule has 0 heterocycles. The van der Waals surface area contributed by atoms with Crippen molar-refractivity contribution >= 4 is 11.6 Å². The van der Waals surface area contributed by atoms with Crippen LogP contribution < -0.4 is 16.8 Å². The number of anilines is 1. The van der Waals surface area contributed by atoms with Crippen LogP contribution in [0.25, 0.3) is 0 Å². The van der Waals surface area contributed by atoms with E-state index in [0.717, 1.165) is 18.7 Å². The minimum Gasteiger partial charge on any atom is -0.384 e. The first kappa shape index (κ1) is 11.5. The number of para-hydroxylation sites is 1. The molecular weight excluding hydrogens is 190 g/mol. The maximum Gasteiger partial charge on any atom is 0.250 e. The number of primary amides is 1. The lowest BCUT2D eigenvalue weighted by molar-refractivity contribution is 0.100. The molecule has 0 saturated heterocycles. The van der Waals surface area contributed by atoms with Crippen LogP contribution in [-0.2, 0) is 0 Å². The van der Waals surface area contributed by atoms with Crippen molar-refractivity contribution in [3.63, 3.8) is 0 Å². The minimum absolute atomic E-state index is 0.151.